The quantitative estimate of drug-likeness (QED) is 0.352. The molecular weight excluding hydrogens is 494 g/mol. The van der Waals surface area contributed by atoms with Gasteiger partial charge < -0.3 is 15.6 Å². The number of hydrogen-bond donors (Lipinski definition) is 2. The van der Waals surface area contributed by atoms with Gasteiger partial charge in [0.1, 0.15) is 11.6 Å². The van der Waals surface area contributed by atoms with Crippen LogP contribution >= 0.6 is 0 Å². The van der Waals surface area contributed by atoms with Crippen LogP contribution in [0.3, 0.4) is 0 Å². The maximum atomic E-state index is 14.2. The number of halogens is 4. The molecule has 0 radical (unpaired) electrons. The zero-order valence-electron chi connectivity index (χ0n) is 18.9. The third-order valence-electron chi connectivity index (χ3n) is 6.28. The number of aromatic nitrogens is 7. The van der Waals surface area contributed by atoms with Crippen molar-refractivity contribution in [2.24, 2.45) is 0 Å². The number of rotatable bonds is 3. The third kappa shape index (κ3) is 3.72. The summed E-state index contributed by atoms with van der Waals surface area (Å²) in [6, 6.07) is 3.76. The van der Waals surface area contributed by atoms with E-state index in [2.05, 4.69) is 29.9 Å². The Labute approximate surface area is 204 Å². The summed E-state index contributed by atoms with van der Waals surface area (Å²) in [7, 11) is 0. The van der Waals surface area contributed by atoms with Crippen molar-refractivity contribution in [3.63, 3.8) is 0 Å². The van der Waals surface area contributed by atoms with Crippen LogP contribution in [0.1, 0.15) is 30.3 Å². The first-order chi connectivity index (χ1) is 17.7. The maximum Gasteiger partial charge on any atom is 0.417 e. The van der Waals surface area contributed by atoms with Gasteiger partial charge in [-0.05, 0) is 25.0 Å². The first kappa shape index (κ1) is 22.8. The van der Waals surface area contributed by atoms with Crippen LogP contribution in [0.5, 0.6) is 0 Å². The minimum atomic E-state index is -4.80. The van der Waals surface area contributed by atoms with Crippen molar-refractivity contribution in [3.05, 3.63) is 70.5 Å². The number of nitrogens with one attached hydrogen (secondary N) is 1. The lowest BCUT2D eigenvalue weighted by Crippen LogP contribution is -2.33. The van der Waals surface area contributed by atoms with E-state index in [1.165, 1.54) is 24.7 Å². The third-order valence-corrected chi connectivity index (χ3v) is 6.28. The number of H-pyrrole nitrogens is 1. The maximum absolute atomic E-state index is 14.2. The van der Waals surface area contributed by atoms with E-state index in [9.17, 15) is 22.4 Å². The van der Waals surface area contributed by atoms with Gasteiger partial charge in [-0.25, -0.2) is 14.4 Å². The Balaban J connectivity index is 1.64. The number of nitrogens with zero attached hydrogens (tertiary/aromatic N) is 7. The van der Waals surface area contributed by atoms with Gasteiger partial charge in [0.25, 0.3) is 5.56 Å². The highest BCUT2D eigenvalue weighted by Gasteiger charge is 2.37. The summed E-state index contributed by atoms with van der Waals surface area (Å²) in [6.45, 7) is 0.473. The number of benzene rings is 1. The fourth-order valence-corrected chi connectivity index (χ4v) is 4.81. The molecule has 0 aliphatic carbocycles. The number of pyridine rings is 1. The second-order valence-electron chi connectivity index (χ2n) is 8.53. The van der Waals surface area contributed by atoms with Gasteiger partial charge in [-0.3, -0.25) is 14.3 Å². The lowest BCUT2D eigenvalue weighted by molar-refractivity contribution is -0.136. The molecule has 0 saturated carbocycles. The molecular formula is C23H17F4N9O. The number of imidazole rings is 1. The highest BCUT2D eigenvalue weighted by Crippen LogP contribution is 2.39. The molecule has 1 atom stereocenters. The normalized spacial score (nSPS) is 16.2. The minimum Gasteiger partial charge on any atom is -0.368 e. The molecule has 1 fully saturated rings. The van der Waals surface area contributed by atoms with E-state index >= 15 is 0 Å². The van der Waals surface area contributed by atoms with Gasteiger partial charge in [0.15, 0.2) is 17.0 Å². The summed E-state index contributed by atoms with van der Waals surface area (Å²) in [5.41, 5.74) is 4.45. The molecule has 5 heterocycles. The molecule has 1 aliphatic rings. The van der Waals surface area contributed by atoms with E-state index in [1.54, 1.807) is 0 Å². The van der Waals surface area contributed by atoms with Gasteiger partial charge in [0, 0.05) is 12.6 Å². The van der Waals surface area contributed by atoms with Crippen molar-refractivity contribution in [3.8, 4) is 5.69 Å². The number of aromatic amines is 1. The summed E-state index contributed by atoms with van der Waals surface area (Å²) in [6.07, 6.45) is -0.0961. The molecule has 5 aromatic rings. The van der Waals surface area contributed by atoms with Crippen LogP contribution in [0.2, 0.25) is 0 Å². The predicted molar refractivity (Wildman–Crippen MR) is 126 cm³/mol. The molecule has 0 amide bonds. The standard InChI is InChI=1S/C23H17F4N9O/c24-11-7-12(9-29-8-11)36-19(32-14-4-1-3-13(23(25,26)27)16(14)21(36)37)15-5-2-6-35(15)20-17-18(31-10-30-17)33-22(28)34-20/h1,3-4,7-10,15H,2,5-6H2,(H3,28,30,31,33,34)/t15-/m0/s1. The molecule has 1 saturated heterocycles. The van der Waals surface area contributed by atoms with Crippen molar-refractivity contribution >= 4 is 33.8 Å². The van der Waals surface area contributed by atoms with Crippen molar-refractivity contribution in [1.82, 2.24) is 34.5 Å². The van der Waals surface area contributed by atoms with Crippen molar-refractivity contribution in [1.29, 1.82) is 0 Å². The summed E-state index contributed by atoms with van der Waals surface area (Å²) in [5.74, 6) is -0.272. The molecule has 0 spiro atoms. The Bertz CT molecular complexity index is 1730. The van der Waals surface area contributed by atoms with Crippen LogP contribution in [0.15, 0.2) is 47.8 Å². The minimum absolute atomic E-state index is 0.00888. The summed E-state index contributed by atoms with van der Waals surface area (Å²) in [4.78, 5) is 39.5. The average molecular weight is 511 g/mol. The Morgan fingerprint density at radius 2 is 1.97 bits per heavy atom. The monoisotopic (exact) mass is 511 g/mol. The van der Waals surface area contributed by atoms with E-state index in [4.69, 9.17) is 5.73 Å². The highest BCUT2D eigenvalue weighted by molar-refractivity contribution is 5.85. The van der Waals surface area contributed by atoms with Crippen LogP contribution in [0.4, 0.5) is 29.3 Å². The highest BCUT2D eigenvalue weighted by atomic mass is 19.4. The van der Waals surface area contributed by atoms with Crippen LogP contribution < -0.4 is 16.2 Å². The number of hydrogen-bond acceptors (Lipinski definition) is 8. The zero-order valence-corrected chi connectivity index (χ0v) is 18.9. The van der Waals surface area contributed by atoms with Gasteiger partial charge in [0.05, 0.1) is 46.9 Å². The zero-order chi connectivity index (χ0) is 25.9. The van der Waals surface area contributed by atoms with Crippen molar-refractivity contribution in [2.45, 2.75) is 25.1 Å². The van der Waals surface area contributed by atoms with E-state index in [-0.39, 0.29) is 23.0 Å². The molecule has 188 valence electrons. The Morgan fingerprint density at radius 3 is 2.76 bits per heavy atom. The number of nitrogen functional groups attached to an aromatic ring is 1. The van der Waals surface area contributed by atoms with Crippen LogP contribution in [0.25, 0.3) is 27.8 Å². The molecule has 4 aromatic heterocycles. The van der Waals surface area contributed by atoms with E-state index in [1.807, 2.05) is 4.90 Å². The first-order valence-electron chi connectivity index (χ1n) is 11.2. The molecule has 0 bridgehead atoms. The molecule has 37 heavy (non-hydrogen) atoms. The molecule has 0 unspecified atom stereocenters. The van der Waals surface area contributed by atoms with Gasteiger partial charge in [-0.1, -0.05) is 6.07 Å². The molecule has 6 rings (SSSR count). The number of fused-ring (bicyclic) bond motifs is 2. The second-order valence-corrected chi connectivity index (χ2v) is 8.53. The first-order valence-corrected chi connectivity index (χ1v) is 11.2. The molecule has 1 aromatic carbocycles. The van der Waals surface area contributed by atoms with Gasteiger partial charge in [-0.2, -0.15) is 23.1 Å². The van der Waals surface area contributed by atoms with Crippen LogP contribution in [0, 0.1) is 5.82 Å². The Hall–Kier alpha value is -4.62. The van der Waals surface area contributed by atoms with E-state index < -0.39 is 34.5 Å². The lowest BCUT2D eigenvalue weighted by Gasteiger charge is -2.28. The molecule has 10 nitrogen and oxygen atoms in total. The SMILES string of the molecule is Nc1nc(N2CCC[C@H]2c2nc3cccc(C(F)(F)F)c3c(=O)n2-c2cncc(F)c2)c2nc[nH]c2n1. The Kier molecular flexibility index (Phi) is 5.07. The number of alkyl halides is 3. The predicted octanol–water partition coefficient (Wildman–Crippen LogP) is 3.53. The smallest absolute Gasteiger partial charge is 0.368 e. The average Bonchev–Trinajstić information content (AvgIpc) is 3.52. The van der Waals surface area contributed by atoms with Crippen LogP contribution in [-0.2, 0) is 6.18 Å². The second kappa shape index (κ2) is 8.21. The summed E-state index contributed by atoms with van der Waals surface area (Å²) >= 11 is 0. The molecule has 3 N–H and O–H groups in total. The number of nitrogens with two attached hydrogens (primary N) is 1. The van der Waals surface area contributed by atoms with Gasteiger partial charge >= 0.3 is 6.18 Å². The van der Waals surface area contributed by atoms with Gasteiger partial charge in [0.2, 0.25) is 5.95 Å². The van der Waals surface area contributed by atoms with Crippen molar-refractivity contribution in [2.75, 3.05) is 17.2 Å². The van der Waals surface area contributed by atoms with E-state index in [0.717, 1.165) is 22.9 Å². The Morgan fingerprint density at radius 1 is 1.14 bits per heavy atom. The largest absolute Gasteiger partial charge is 0.417 e. The summed E-state index contributed by atoms with van der Waals surface area (Å²) in [5, 5.41) is -0.617. The summed E-state index contributed by atoms with van der Waals surface area (Å²) < 4.78 is 56.7. The van der Waals surface area contributed by atoms with Crippen LogP contribution in [-0.4, -0.2) is 41.0 Å². The number of anilines is 2. The fraction of sp³-hybridized carbons (Fsp3) is 0.217. The lowest BCUT2D eigenvalue weighted by atomic mass is 10.1. The van der Waals surface area contributed by atoms with Crippen molar-refractivity contribution < 1.29 is 17.6 Å². The molecule has 1 aliphatic heterocycles. The van der Waals surface area contributed by atoms with Gasteiger partial charge in [-0.15, -0.1) is 0 Å². The molecule has 14 heteroatoms. The fourth-order valence-electron chi connectivity index (χ4n) is 4.81. The van der Waals surface area contributed by atoms with E-state index in [0.29, 0.717) is 36.4 Å². The topological polar surface area (TPSA) is 132 Å².